The van der Waals surface area contributed by atoms with E-state index in [0.717, 1.165) is 13.1 Å². The van der Waals surface area contributed by atoms with Gasteiger partial charge in [-0.3, -0.25) is 4.79 Å². The minimum atomic E-state index is 0.235. The lowest BCUT2D eigenvalue weighted by Crippen LogP contribution is -2.52. The number of amides is 1. The van der Waals surface area contributed by atoms with Crippen LogP contribution in [0.1, 0.15) is 19.8 Å². The van der Waals surface area contributed by atoms with Crippen LogP contribution >= 0.6 is 0 Å². The van der Waals surface area contributed by atoms with Crippen LogP contribution in [-0.2, 0) is 4.79 Å². The Kier molecular flexibility index (Phi) is 1.42. The summed E-state index contributed by atoms with van der Waals surface area (Å²) in [5.74, 6) is 0.274. The molecule has 1 aliphatic heterocycles. The quantitative estimate of drug-likeness (QED) is 0.575. The molecule has 1 saturated carbocycles. The van der Waals surface area contributed by atoms with Gasteiger partial charge in [-0.1, -0.05) is 0 Å². The van der Waals surface area contributed by atoms with Crippen LogP contribution in [0.5, 0.6) is 0 Å². The van der Waals surface area contributed by atoms with Crippen LogP contribution in [0.2, 0.25) is 0 Å². The molecule has 0 aromatic heterocycles. The van der Waals surface area contributed by atoms with Crippen LogP contribution in [0.15, 0.2) is 0 Å². The Morgan fingerprint density at radius 2 is 2.27 bits per heavy atom. The molecule has 0 aromatic rings. The van der Waals surface area contributed by atoms with Crippen molar-refractivity contribution in [3.05, 3.63) is 0 Å². The number of carbonyl (C=O) groups excluding carboxylic acids is 1. The highest BCUT2D eigenvalue weighted by Gasteiger charge is 2.45. The van der Waals surface area contributed by atoms with E-state index >= 15 is 0 Å². The van der Waals surface area contributed by atoms with E-state index in [1.54, 1.807) is 0 Å². The molecule has 62 valence electrons. The average molecular weight is 154 g/mol. The molecule has 2 fully saturated rings. The molecular formula is C8H14N2O. The lowest BCUT2D eigenvalue weighted by Gasteiger charge is -2.33. The van der Waals surface area contributed by atoms with E-state index in [0.29, 0.717) is 6.54 Å². The number of rotatable bonds is 1. The zero-order chi connectivity index (χ0) is 7.90. The van der Waals surface area contributed by atoms with Gasteiger partial charge in [-0.15, -0.1) is 0 Å². The molecular weight excluding hydrogens is 140 g/mol. The molecule has 0 aromatic carbocycles. The molecule has 2 aliphatic rings. The van der Waals surface area contributed by atoms with E-state index in [-0.39, 0.29) is 11.4 Å². The van der Waals surface area contributed by atoms with Crippen LogP contribution in [0.3, 0.4) is 0 Å². The first kappa shape index (κ1) is 7.10. The van der Waals surface area contributed by atoms with Gasteiger partial charge in [-0.05, 0) is 19.8 Å². The lowest BCUT2D eigenvalue weighted by molar-refractivity contribution is -0.134. The zero-order valence-electron chi connectivity index (χ0n) is 6.89. The van der Waals surface area contributed by atoms with E-state index in [2.05, 4.69) is 12.2 Å². The van der Waals surface area contributed by atoms with E-state index in [4.69, 9.17) is 0 Å². The van der Waals surface area contributed by atoms with Gasteiger partial charge in [0.2, 0.25) is 5.91 Å². The van der Waals surface area contributed by atoms with Gasteiger partial charge in [-0.25, -0.2) is 0 Å². The molecule has 0 spiro atoms. The highest BCUT2D eigenvalue weighted by atomic mass is 16.2. The summed E-state index contributed by atoms with van der Waals surface area (Å²) in [5, 5.41) is 3.07. The minimum absolute atomic E-state index is 0.235. The third-order valence-corrected chi connectivity index (χ3v) is 2.71. The van der Waals surface area contributed by atoms with Crippen molar-refractivity contribution < 1.29 is 4.79 Å². The third-order valence-electron chi connectivity index (χ3n) is 2.71. The fourth-order valence-electron chi connectivity index (χ4n) is 1.63. The Morgan fingerprint density at radius 3 is 2.82 bits per heavy atom. The third kappa shape index (κ3) is 1.13. The first-order chi connectivity index (χ1) is 5.22. The summed E-state index contributed by atoms with van der Waals surface area (Å²) in [6.07, 6.45) is 2.39. The van der Waals surface area contributed by atoms with E-state index in [1.165, 1.54) is 12.8 Å². The summed E-state index contributed by atoms with van der Waals surface area (Å²) in [6, 6.07) is 0. The summed E-state index contributed by atoms with van der Waals surface area (Å²) >= 11 is 0. The first-order valence-corrected chi connectivity index (χ1v) is 4.24. The van der Waals surface area contributed by atoms with Crippen molar-refractivity contribution in [2.75, 3.05) is 19.6 Å². The summed E-state index contributed by atoms with van der Waals surface area (Å²) in [4.78, 5) is 13.4. The summed E-state index contributed by atoms with van der Waals surface area (Å²) in [6.45, 7) is 4.57. The standard InChI is InChI=1S/C8H14N2O/c1-8(2-3-8)10-5-4-9-6-7(10)11/h9H,2-6H2,1H3. The maximum Gasteiger partial charge on any atom is 0.237 e. The predicted molar refractivity (Wildman–Crippen MR) is 42.2 cm³/mol. The minimum Gasteiger partial charge on any atom is -0.335 e. The second kappa shape index (κ2) is 2.21. The van der Waals surface area contributed by atoms with Crippen molar-refractivity contribution >= 4 is 5.91 Å². The number of carbonyl (C=O) groups is 1. The Balaban J connectivity index is 2.05. The van der Waals surface area contributed by atoms with Crippen LogP contribution < -0.4 is 5.32 Å². The molecule has 2 rings (SSSR count). The van der Waals surface area contributed by atoms with Crippen LogP contribution in [0.4, 0.5) is 0 Å². The van der Waals surface area contributed by atoms with E-state index in [1.807, 2.05) is 4.90 Å². The fourth-order valence-corrected chi connectivity index (χ4v) is 1.63. The molecule has 0 bridgehead atoms. The Labute approximate surface area is 66.8 Å². The molecule has 0 atom stereocenters. The molecule has 1 amide bonds. The zero-order valence-corrected chi connectivity index (χ0v) is 6.89. The van der Waals surface area contributed by atoms with Crippen molar-refractivity contribution in [2.45, 2.75) is 25.3 Å². The van der Waals surface area contributed by atoms with Crippen molar-refractivity contribution in [1.29, 1.82) is 0 Å². The van der Waals surface area contributed by atoms with Gasteiger partial charge in [0.05, 0.1) is 6.54 Å². The molecule has 3 nitrogen and oxygen atoms in total. The number of nitrogens with zero attached hydrogens (tertiary/aromatic N) is 1. The molecule has 11 heavy (non-hydrogen) atoms. The van der Waals surface area contributed by atoms with Crippen molar-refractivity contribution in [2.24, 2.45) is 0 Å². The number of piperazine rings is 1. The summed E-state index contributed by atoms with van der Waals surface area (Å²) < 4.78 is 0. The summed E-state index contributed by atoms with van der Waals surface area (Å²) in [7, 11) is 0. The predicted octanol–water partition coefficient (Wildman–Crippen LogP) is -0.0293. The number of nitrogens with one attached hydrogen (secondary N) is 1. The van der Waals surface area contributed by atoms with Gasteiger partial charge in [0.15, 0.2) is 0 Å². The number of hydrogen-bond donors (Lipinski definition) is 1. The monoisotopic (exact) mass is 154 g/mol. The normalized spacial score (nSPS) is 28.8. The Morgan fingerprint density at radius 1 is 1.55 bits per heavy atom. The largest absolute Gasteiger partial charge is 0.335 e. The second-order valence-electron chi connectivity index (χ2n) is 3.72. The van der Waals surface area contributed by atoms with Crippen molar-refractivity contribution in [3.8, 4) is 0 Å². The fraction of sp³-hybridized carbons (Fsp3) is 0.875. The molecule has 0 unspecified atom stereocenters. The lowest BCUT2D eigenvalue weighted by atomic mass is 10.2. The van der Waals surface area contributed by atoms with Gasteiger partial charge < -0.3 is 10.2 Å². The smallest absolute Gasteiger partial charge is 0.237 e. The van der Waals surface area contributed by atoms with Gasteiger partial charge >= 0.3 is 0 Å². The SMILES string of the molecule is CC1(N2CCNCC2=O)CC1. The van der Waals surface area contributed by atoms with Gasteiger partial charge in [0, 0.05) is 18.6 Å². The van der Waals surface area contributed by atoms with Gasteiger partial charge in [0.1, 0.15) is 0 Å². The molecule has 0 radical (unpaired) electrons. The highest BCUT2D eigenvalue weighted by Crippen LogP contribution is 2.41. The molecule has 1 aliphatic carbocycles. The van der Waals surface area contributed by atoms with Gasteiger partial charge in [0.25, 0.3) is 0 Å². The Bertz CT molecular complexity index is 187. The van der Waals surface area contributed by atoms with Crippen LogP contribution in [0.25, 0.3) is 0 Å². The summed E-state index contributed by atoms with van der Waals surface area (Å²) in [5.41, 5.74) is 0.235. The van der Waals surface area contributed by atoms with E-state index < -0.39 is 0 Å². The highest BCUT2D eigenvalue weighted by molar-refractivity contribution is 5.80. The van der Waals surface area contributed by atoms with Crippen LogP contribution in [0, 0.1) is 0 Å². The maximum atomic E-state index is 11.3. The van der Waals surface area contributed by atoms with Crippen molar-refractivity contribution in [1.82, 2.24) is 10.2 Å². The molecule has 3 heteroatoms. The number of hydrogen-bond acceptors (Lipinski definition) is 2. The van der Waals surface area contributed by atoms with Crippen molar-refractivity contribution in [3.63, 3.8) is 0 Å². The Hall–Kier alpha value is -0.570. The average Bonchev–Trinajstić information content (AvgIpc) is 2.70. The first-order valence-electron chi connectivity index (χ1n) is 4.24. The molecule has 1 heterocycles. The van der Waals surface area contributed by atoms with E-state index in [9.17, 15) is 4.79 Å². The maximum absolute atomic E-state index is 11.3. The molecule has 1 N–H and O–H groups in total. The second-order valence-corrected chi connectivity index (χ2v) is 3.72. The van der Waals surface area contributed by atoms with Gasteiger partial charge in [-0.2, -0.15) is 0 Å². The van der Waals surface area contributed by atoms with Crippen LogP contribution in [-0.4, -0.2) is 36.0 Å². The topological polar surface area (TPSA) is 32.3 Å². The molecule has 1 saturated heterocycles.